The topological polar surface area (TPSA) is 61.7 Å². The molecule has 0 fully saturated rings. The van der Waals surface area contributed by atoms with Crippen LogP contribution in [0.3, 0.4) is 0 Å². The van der Waals surface area contributed by atoms with Crippen LogP contribution in [0.1, 0.15) is 44.0 Å². The Labute approximate surface area is 228 Å². The number of aryl methyl sites for hydroxylation is 1. The number of fused-ring (bicyclic) bond motifs is 2. The first-order valence-electron chi connectivity index (χ1n) is 13.0. The summed E-state index contributed by atoms with van der Waals surface area (Å²) in [6.45, 7) is 4.11. The Hall–Kier alpha value is -4.30. The molecule has 7 nitrogen and oxygen atoms in total. The zero-order chi connectivity index (χ0) is 27.5. The fourth-order valence-electron chi connectivity index (χ4n) is 4.93. The lowest BCUT2D eigenvalue weighted by Crippen LogP contribution is -2.35. The lowest BCUT2D eigenvalue weighted by Gasteiger charge is -2.25. The Morgan fingerprint density at radius 3 is 2.56 bits per heavy atom. The van der Waals surface area contributed by atoms with Gasteiger partial charge in [-0.3, -0.25) is 14.5 Å². The monoisotopic (exact) mass is 525 g/mol. The zero-order valence-corrected chi connectivity index (χ0v) is 22.5. The summed E-state index contributed by atoms with van der Waals surface area (Å²) in [5.41, 5.74) is 4.40. The number of para-hydroxylation sites is 1. The number of anilines is 2. The predicted molar refractivity (Wildman–Crippen MR) is 151 cm³/mol. The van der Waals surface area contributed by atoms with Crippen LogP contribution in [0.25, 0.3) is 0 Å². The van der Waals surface area contributed by atoms with Crippen LogP contribution in [0, 0.1) is 12.7 Å². The Balaban J connectivity index is 1.44. The molecule has 0 atom stereocenters. The van der Waals surface area contributed by atoms with Crippen LogP contribution in [-0.2, 0) is 13.1 Å². The highest BCUT2D eigenvalue weighted by molar-refractivity contribution is 6.08. The van der Waals surface area contributed by atoms with Crippen LogP contribution in [0.15, 0.2) is 79.1 Å². The summed E-state index contributed by atoms with van der Waals surface area (Å²) < 4.78 is 16.2. The third-order valence-electron chi connectivity index (χ3n) is 7.05. The second-order valence-corrected chi connectivity index (χ2v) is 10.1. The van der Waals surface area contributed by atoms with Gasteiger partial charge in [-0.15, -0.1) is 0 Å². The van der Waals surface area contributed by atoms with Crippen LogP contribution in [-0.4, -0.2) is 53.5 Å². The molecular formula is C31H32FN5O2. The van der Waals surface area contributed by atoms with Crippen molar-refractivity contribution in [1.82, 2.24) is 14.5 Å². The molecule has 8 heteroatoms. The van der Waals surface area contributed by atoms with Gasteiger partial charge in [0.2, 0.25) is 0 Å². The van der Waals surface area contributed by atoms with Crippen molar-refractivity contribution in [1.29, 1.82) is 0 Å². The summed E-state index contributed by atoms with van der Waals surface area (Å²) >= 11 is 0. The van der Waals surface area contributed by atoms with Gasteiger partial charge < -0.3 is 14.4 Å². The van der Waals surface area contributed by atoms with Gasteiger partial charge in [-0.05, 0) is 87.6 Å². The molecule has 1 aliphatic heterocycles. The maximum Gasteiger partial charge on any atom is 0.260 e. The fourth-order valence-corrected chi connectivity index (χ4v) is 4.93. The van der Waals surface area contributed by atoms with Crippen LogP contribution in [0.5, 0.6) is 0 Å². The number of nitrogens with zero attached hydrogens (tertiary/aromatic N) is 5. The Kier molecular flexibility index (Phi) is 7.56. The summed E-state index contributed by atoms with van der Waals surface area (Å²) in [4.78, 5) is 37.3. The van der Waals surface area contributed by atoms with Gasteiger partial charge >= 0.3 is 0 Å². The molecule has 200 valence electrons. The van der Waals surface area contributed by atoms with Gasteiger partial charge in [0.25, 0.3) is 11.8 Å². The van der Waals surface area contributed by atoms with E-state index in [0.717, 1.165) is 23.5 Å². The molecule has 4 aromatic rings. The standard InChI is InChI=1S/C31H32FN5O2/c1-22-11-13-25(32)18-27(22)31(39)36(17-7-15-34(2)3)29-14-12-23(19-33-29)30(38)37-21-26-9-6-16-35(26)20-24-8-4-5-10-28(24)37/h4-6,8-14,16,18-19H,7,15,17,20-21H2,1-3H3. The van der Waals surface area contributed by atoms with Gasteiger partial charge in [-0.2, -0.15) is 0 Å². The van der Waals surface area contributed by atoms with Gasteiger partial charge in [0.1, 0.15) is 11.6 Å². The van der Waals surface area contributed by atoms with Crippen LogP contribution < -0.4 is 9.80 Å². The van der Waals surface area contributed by atoms with Crippen molar-refractivity contribution in [2.24, 2.45) is 0 Å². The molecule has 2 amide bonds. The predicted octanol–water partition coefficient (Wildman–Crippen LogP) is 5.14. The normalized spacial score (nSPS) is 12.6. The molecule has 1 aliphatic rings. The average molecular weight is 526 g/mol. The van der Waals surface area contributed by atoms with Crippen LogP contribution in [0.4, 0.5) is 15.9 Å². The van der Waals surface area contributed by atoms with Gasteiger partial charge in [0.15, 0.2) is 0 Å². The fraction of sp³-hybridized carbons (Fsp3) is 0.258. The minimum Gasteiger partial charge on any atom is -0.345 e. The summed E-state index contributed by atoms with van der Waals surface area (Å²) in [6.07, 6.45) is 4.26. The molecule has 3 heterocycles. The highest BCUT2D eigenvalue weighted by Gasteiger charge is 2.26. The molecule has 5 rings (SSSR count). The number of hydrogen-bond donors (Lipinski definition) is 0. The SMILES string of the molecule is Cc1ccc(F)cc1C(=O)N(CCCN(C)C)c1ccc(C(=O)N2Cc3cccn3Cc3ccccc32)cn1. The van der Waals surface area contributed by atoms with E-state index < -0.39 is 5.82 Å². The summed E-state index contributed by atoms with van der Waals surface area (Å²) in [6, 6.07) is 19.6. The first kappa shape index (κ1) is 26.3. The van der Waals surface area contributed by atoms with Crippen molar-refractivity contribution in [3.63, 3.8) is 0 Å². The highest BCUT2D eigenvalue weighted by atomic mass is 19.1. The van der Waals surface area contributed by atoms with Crippen molar-refractivity contribution in [3.8, 4) is 0 Å². The number of carbonyl (C=O) groups is 2. The molecule has 0 N–H and O–H groups in total. The smallest absolute Gasteiger partial charge is 0.260 e. The highest BCUT2D eigenvalue weighted by Crippen LogP contribution is 2.29. The van der Waals surface area contributed by atoms with E-state index in [9.17, 15) is 14.0 Å². The molecule has 0 saturated carbocycles. The number of pyridine rings is 1. The van der Waals surface area contributed by atoms with Gasteiger partial charge in [0, 0.05) is 42.4 Å². The molecule has 0 bridgehead atoms. The molecule has 0 radical (unpaired) electrons. The quantitative estimate of drug-likeness (QED) is 0.335. The number of benzene rings is 2. The second-order valence-electron chi connectivity index (χ2n) is 10.1. The van der Waals surface area contributed by atoms with E-state index in [4.69, 9.17) is 0 Å². The summed E-state index contributed by atoms with van der Waals surface area (Å²) in [5.74, 6) is -0.527. The molecule has 2 aromatic heterocycles. The Bertz CT molecular complexity index is 1500. The maximum absolute atomic E-state index is 14.0. The molecular weight excluding hydrogens is 493 g/mol. The van der Waals surface area contributed by atoms with Crippen LogP contribution >= 0.6 is 0 Å². The van der Waals surface area contributed by atoms with Crippen molar-refractivity contribution in [2.45, 2.75) is 26.4 Å². The van der Waals surface area contributed by atoms with E-state index in [-0.39, 0.29) is 11.8 Å². The molecule has 0 spiro atoms. The van der Waals surface area contributed by atoms with Gasteiger partial charge in [0.05, 0.1) is 12.1 Å². The lowest BCUT2D eigenvalue weighted by molar-refractivity contribution is 0.0978. The minimum atomic E-state index is -0.463. The Morgan fingerprint density at radius 1 is 0.974 bits per heavy atom. The first-order chi connectivity index (χ1) is 18.8. The first-order valence-corrected chi connectivity index (χ1v) is 13.0. The number of hydrogen-bond acceptors (Lipinski definition) is 4. The van der Waals surface area contributed by atoms with Gasteiger partial charge in [-0.25, -0.2) is 9.37 Å². The van der Waals surface area contributed by atoms with Gasteiger partial charge in [-0.1, -0.05) is 24.3 Å². The van der Waals surface area contributed by atoms with E-state index in [1.54, 1.807) is 34.9 Å². The van der Waals surface area contributed by atoms with E-state index in [2.05, 4.69) is 9.55 Å². The third kappa shape index (κ3) is 5.61. The number of aromatic nitrogens is 2. The van der Waals surface area contributed by atoms with E-state index in [1.807, 2.05) is 61.6 Å². The van der Waals surface area contributed by atoms with Crippen molar-refractivity contribution in [3.05, 3.63) is 113 Å². The minimum absolute atomic E-state index is 0.164. The van der Waals surface area contributed by atoms with E-state index in [0.29, 0.717) is 48.6 Å². The molecule has 0 saturated heterocycles. The summed E-state index contributed by atoms with van der Waals surface area (Å²) in [5, 5.41) is 0. The molecule has 0 unspecified atom stereocenters. The molecule has 0 aliphatic carbocycles. The Morgan fingerprint density at radius 2 is 1.79 bits per heavy atom. The average Bonchev–Trinajstić information content (AvgIpc) is 3.30. The van der Waals surface area contributed by atoms with Crippen LogP contribution in [0.2, 0.25) is 0 Å². The van der Waals surface area contributed by atoms with E-state index >= 15 is 0 Å². The third-order valence-corrected chi connectivity index (χ3v) is 7.05. The zero-order valence-electron chi connectivity index (χ0n) is 22.5. The van der Waals surface area contributed by atoms with E-state index in [1.165, 1.54) is 18.3 Å². The molecule has 39 heavy (non-hydrogen) atoms. The molecule has 2 aromatic carbocycles. The van der Waals surface area contributed by atoms with Crippen molar-refractivity contribution >= 4 is 23.3 Å². The largest absolute Gasteiger partial charge is 0.345 e. The summed E-state index contributed by atoms with van der Waals surface area (Å²) in [7, 11) is 3.94. The maximum atomic E-state index is 14.0. The number of amides is 2. The number of rotatable bonds is 7. The lowest BCUT2D eigenvalue weighted by atomic mass is 10.1. The van der Waals surface area contributed by atoms with Crippen molar-refractivity contribution < 1.29 is 14.0 Å². The number of halogens is 1. The second kappa shape index (κ2) is 11.2. The number of carbonyl (C=O) groups excluding carboxylic acids is 2. The van der Waals surface area contributed by atoms with Crippen molar-refractivity contribution in [2.75, 3.05) is 37.0 Å².